The van der Waals surface area contributed by atoms with Crippen LogP contribution in [0, 0.1) is 13.8 Å². The standard InChI is InChI=1S/C35H36ClN7O2/c1-7-27(44)41-16-22-9-10-23-33(42(22)15-21(41)6)24-14-25(36)30(28-19(4)8-11-26-31(28)39-17-38-26)40-34(24)43(35(23)45)32-20(5)12-13-37-29(32)18(2)3/h7-8,11-14,17-18,21-22H,1,9-10,15-16H2,2-6H3,(H,38,39). The topological polar surface area (TPSA) is 100 Å². The second-order valence-corrected chi connectivity index (χ2v) is 13.0. The summed E-state index contributed by atoms with van der Waals surface area (Å²) >= 11 is 7.18. The number of aromatic nitrogens is 5. The second kappa shape index (κ2) is 10.8. The maximum absolute atomic E-state index is 14.8. The van der Waals surface area contributed by atoms with E-state index in [1.807, 2.05) is 49.9 Å². The molecule has 1 saturated heterocycles. The molecule has 0 radical (unpaired) electrons. The Bertz CT molecular complexity index is 2100. The molecule has 0 spiro atoms. The predicted octanol–water partition coefficient (Wildman–Crippen LogP) is 6.26. The van der Waals surface area contributed by atoms with Gasteiger partial charge in [-0.2, -0.15) is 0 Å². The van der Waals surface area contributed by atoms with Crippen LogP contribution in [0.5, 0.6) is 0 Å². The maximum atomic E-state index is 14.8. The summed E-state index contributed by atoms with van der Waals surface area (Å²) in [4.78, 5) is 49.6. The maximum Gasteiger partial charge on any atom is 0.262 e. The first-order valence-corrected chi connectivity index (χ1v) is 15.8. The van der Waals surface area contributed by atoms with Gasteiger partial charge in [-0.25, -0.2) is 9.97 Å². The van der Waals surface area contributed by atoms with Crippen LogP contribution in [-0.2, 0) is 11.2 Å². The second-order valence-electron chi connectivity index (χ2n) is 12.6. The zero-order valence-corrected chi connectivity index (χ0v) is 26.9. The van der Waals surface area contributed by atoms with Gasteiger partial charge < -0.3 is 14.8 Å². The van der Waals surface area contributed by atoms with Crippen molar-refractivity contribution in [1.29, 1.82) is 0 Å². The summed E-state index contributed by atoms with van der Waals surface area (Å²) in [6, 6.07) is 7.92. The Hall–Kier alpha value is -4.50. The van der Waals surface area contributed by atoms with Crippen LogP contribution in [0.1, 0.15) is 55.5 Å². The lowest BCUT2D eigenvalue weighted by Gasteiger charge is -2.49. The molecule has 0 saturated carbocycles. The molecule has 230 valence electrons. The van der Waals surface area contributed by atoms with Crippen molar-refractivity contribution in [2.45, 2.75) is 65.5 Å². The van der Waals surface area contributed by atoms with Crippen molar-refractivity contribution in [3.63, 3.8) is 0 Å². The highest BCUT2D eigenvalue weighted by Gasteiger charge is 2.39. The van der Waals surface area contributed by atoms with E-state index in [4.69, 9.17) is 21.6 Å². The number of carbonyl (C=O) groups is 1. The number of anilines is 1. The first-order chi connectivity index (χ1) is 21.6. The highest BCUT2D eigenvalue weighted by molar-refractivity contribution is 6.34. The minimum atomic E-state index is -0.0957. The summed E-state index contributed by atoms with van der Waals surface area (Å²) in [6.45, 7) is 15.1. The number of aromatic amines is 1. The van der Waals surface area contributed by atoms with Gasteiger partial charge in [0.2, 0.25) is 5.91 Å². The van der Waals surface area contributed by atoms with E-state index >= 15 is 0 Å². The van der Waals surface area contributed by atoms with Crippen molar-refractivity contribution in [3.8, 4) is 16.9 Å². The van der Waals surface area contributed by atoms with Gasteiger partial charge >= 0.3 is 0 Å². The fourth-order valence-electron chi connectivity index (χ4n) is 7.24. The molecule has 45 heavy (non-hydrogen) atoms. The fourth-order valence-corrected chi connectivity index (χ4v) is 7.49. The molecule has 0 aliphatic carbocycles. The lowest BCUT2D eigenvalue weighted by molar-refractivity contribution is -0.129. The molecule has 2 aliphatic heterocycles. The Balaban J connectivity index is 1.57. The van der Waals surface area contributed by atoms with Crippen molar-refractivity contribution in [2.75, 3.05) is 18.0 Å². The van der Waals surface area contributed by atoms with Gasteiger partial charge in [-0.15, -0.1) is 0 Å². The van der Waals surface area contributed by atoms with E-state index in [0.29, 0.717) is 35.9 Å². The Kier molecular flexibility index (Phi) is 7.04. The predicted molar refractivity (Wildman–Crippen MR) is 180 cm³/mol. The zero-order chi connectivity index (χ0) is 31.7. The molecule has 5 aromatic rings. The van der Waals surface area contributed by atoms with Gasteiger partial charge in [-0.3, -0.25) is 19.1 Å². The average Bonchev–Trinajstić information content (AvgIpc) is 3.50. The monoisotopic (exact) mass is 621 g/mol. The number of H-pyrrole nitrogens is 1. The third kappa shape index (κ3) is 4.47. The van der Waals surface area contributed by atoms with E-state index in [2.05, 4.69) is 35.3 Å². The molecule has 6 heterocycles. The summed E-state index contributed by atoms with van der Waals surface area (Å²) in [5.41, 5.74) is 8.61. The Morgan fingerprint density at radius 3 is 2.69 bits per heavy atom. The van der Waals surface area contributed by atoms with E-state index in [1.54, 1.807) is 17.1 Å². The Labute approximate surface area is 266 Å². The lowest BCUT2D eigenvalue weighted by atomic mass is 9.91. The summed E-state index contributed by atoms with van der Waals surface area (Å²) in [5.74, 6) is 0.00385. The van der Waals surface area contributed by atoms with Crippen molar-refractivity contribution in [1.82, 2.24) is 29.4 Å². The number of aryl methyl sites for hydroxylation is 2. The first kappa shape index (κ1) is 29.2. The normalized spacial score (nSPS) is 18.0. The third-order valence-corrected chi connectivity index (χ3v) is 9.73. The highest BCUT2D eigenvalue weighted by atomic mass is 35.5. The lowest BCUT2D eigenvalue weighted by Crippen LogP contribution is -2.60. The molecule has 1 aromatic carbocycles. The fraction of sp³-hybridized carbons (Fsp3) is 0.343. The summed E-state index contributed by atoms with van der Waals surface area (Å²) in [7, 11) is 0. The number of halogens is 1. The number of nitrogens with one attached hydrogen (secondary N) is 1. The van der Waals surface area contributed by atoms with Crippen molar-refractivity contribution in [2.24, 2.45) is 0 Å². The van der Waals surface area contributed by atoms with Gasteiger partial charge in [0.05, 0.1) is 45.1 Å². The third-order valence-electron chi connectivity index (χ3n) is 9.45. The van der Waals surface area contributed by atoms with E-state index in [-0.39, 0.29) is 29.5 Å². The molecule has 2 unspecified atom stereocenters. The molecule has 10 heteroatoms. The number of fused-ring (bicyclic) bond motifs is 6. The Morgan fingerprint density at radius 2 is 1.93 bits per heavy atom. The van der Waals surface area contributed by atoms with E-state index in [0.717, 1.165) is 62.2 Å². The first-order valence-electron chi connectivity index (χ1n) is 15.5. The number of nitrogens with zero attached hydrogens (tertiary/aromatic N) is 6. The highest BCUT2D eigenvalue weighted by Crippen LogP contribution is 2.42. The molecule has 1 amide bonds. The molecule has 7 rings (SSSR count). The van der Waals surface area contributed by atoms with Gasteiger partial charge in [0.25, 0.3) is 5.56 Å². The Morgan fingerprint density at radius 1 is 1.13 bits per heavy atom. The van der Waals surface area contributed by atoms with Gasteiger partial charge in [-0.05, 0) is 74.9 Å². The zero-order valence-electron chi connectivity index (χ0n) is 26.2. The van der Waals surface area contributed by atoms with E-state index < -0.39 is 0 Å². The van der Waals surface area contributed by atoms with E-state index in [1.165, 1.54) is 6.08 Å². The number of hydrogen-bond acceptors (Lipinski definition) is 6. The molecule has 1 N–H and O–H groups in total. The quantitative estimate of drug-likeness (QED) is 0.238. The van der Waals surface area contributed by atoms with Crippen molar-refractivity contribution in [3.05, 3.63) is 87.2 Å². The number of amides is 1. The van der Waals surface area contributed by atoms with E-state index in [9.17, 15) is 9.59 Å². The smallest absolute Gasteiger partial charge is 0.262 e. The number of pyridine rings is 3. The SMILES string of the molecule is C=CC(=O)N1CC2CCc3c(c4cc(Cl)c(-c5c(C)ccc6[nH]cnc56)nc4n(-c4c(C)ccnc4C(C)C)c3=O)N2CC1C. The summed E-state index contributed by atoms with van der Waals surface area (Å²) < 4.78 is 1.77. The number of imidazole rings is 1. The number of rotatable bonds is 4. The number of piperazine rings is 1. The largest absolute Gasteiger partial charge is 0.364 e. The molecular formula is C35H36ClN7O2. The van der Waals surface area contributed by atoms with Crippen LogP contribution < -0.4 is 10.5 Å². The van der Waals surface area contributed by atoms with Crippen LogP contribution in [0.15, 0.2) is 54.2 Å². The number of hydrogen-bond donors (Lipinski definition) is 1. The number of benzene rings is 1. The van der Waals surface area contributed by atoms with Crippen LogP contribution in [0.25, 0.3) is 39.0 Å². The minimum absolute atomic E-state index is 0.0564. The summed E-state index contributed by atoms with van der Waals surface area (Å²) in [5, 5.41) is 1.29. The van der Waals surface area contributed by atoms with Gasteiger partial charge in [-0.1, -0.05) is 38.1 Å². The average molecular weight is 622 g/mol. The molecule has 4 aromatic heterocycles. The van der Waals surface area contributed by atoms with Gasteiger partial charge in [0.15, 0.2) is 0 Å². The van der Waals surface area contributed by atoms with Crippen LogP contribution in [0.4, 0.5) is 5.69 Å². The molecular weight excluding hydrogens is 586 g/mol. The van der Waals surface area contributed by atoms with Crippen LogP contribution in [0.3, 0.4) is 0 Å². The van der Waals surface area contributed by atoms with Crippen LogP contribution in [0.2, 0.25) is 5.02 Å². The van der Waals surface area contributed by atoms with Gasteiger partial charge in [0.1, 0.15) is 5.65 Å². The number of carbonyl (C=O) groups excluding carboxylic acids is 1. The minimum Gasteiger partial charge on any atom is -0.364 e. The summed E-state index contributed by atoms with van der Waals surface area (Å²) in [6.07, 6.45) is 6.18. The molecule has 1 fully saturated rings. The molecule has 2 aliphatic rings. The van der Waals surface area contributed by atoms with Crippen LogP contribution >= 0.6 is 11.6 Å². The van der Waals surface area contributed by atoms with Gasteiger partial charge in [0, 0.05) is 47.9 Å². The van der Waals surface area contributed by atoms with Crippen molar-refractivity contribution < 1.29 is 4.79 Å². The van der Waals surface area contributed by atoms with Crippen molar-refractivity contribution >= 4 is 45.3 Å². The molecule has 9 nitrogen and oxygen atoms in total. The molecule has 2 atom stereocenters. The van der Waals surface area contributed by atoms with Crippen LogP contribution in [-0.4, -0.2) is 60.5 Å². The molecule has 0 bridgehead atoms.